The number of nitrogens with one attached hydrogen (secondary N) is 1. The van der Waals surface area contributed by atoms with Crippen molar-refractivity contribution in [1.29, 1.82) is 0 Å². The summed E-state index contributed by atoms with van der Waals surface area (Å²) in [6, 6.07) is 11.0. The Balaban J connectivity index is 1.38. The zero-order valence-corrected chi connectivity index (χ0v) is 21.3. The Morgan fingerprint density at radius 1 is 1.00 bits per heavy atom. The van der Waals surface area contributed by atoms with Gasteiger partial charge >= 0.3 is 0 Å². The zero-order valence-electron chi connectivity index (χ0n) is 20.5. The van der Waals surface area contributed by atoms with E-state index in [1.54, 1.807) is 24.3 Å². The van der Waals surface area contributed by atoms with Gasteiger partial charge in [0.05, 0.1) is 22.8 Å². The lowest BCUT2D eigenvalue weighted by Crippen LogP contribution is -2.44. The molecule has 3 amide bonds. The molecule has 13 heteroatoms. The number of likely N-dealkylation sites (tertiary alicyclic amines) is 1. The van der Waals surface area contributed by atoms with Crippen LogP contribution < -0.4 is 11.1 Å². The summed E-state index contributed by atoms with van der Waals surface area (Å²) in [6.45, 7) is -0.797. The molecule has 1 saturated heterocycles. The van der Waals surface area contributed by atoms with Gasteiger partial charge in [-0.3, -0.25) is 19.1 Å². The molecule has 2 atom stereocenters. The smallest absolute Gasteiger partial charge is 0.269 e. The number of hydrogen-bond acceptors (Lipinski definition) is 4. The predicted molar refractivity (Wildman–Crippen MR) is 139 cm³/mol. The number of primary amides is 1. The third kappa shape index (κ3) is 4.86. The maximum absolute atomic E-state index is 15.4. The summed E-state index contributed by atoms with van der Waals surface area (Å²) in [5.41, 5.74) is 5.11. The lowest BCUT2D eigenvalue weighted by Gasteiger charge is -2.24. The van der Waals surface area contributed by atoms with Crippen molar-refractivity contribution in [3.05, 3.63) is 82.8 Å². The van der Waals surface area contributed by atoms with Crippen LogP contribution in [0.2, 0.25) is 5.02 Å². The number of anilines is 1. The van der Waals surface area contributed by atoms with E-state index in [2.05, 4.69) is 10.4 Å². The van der Waals surface area contributed by atoms with Crippen LogP contribution in [0.4, 0.5) is 23.2 Å². The topological polar surface area (TPSA) is 110 Å². The molecule has 1 aromatic heterocycles. The summed E-state index contributed by atoms with van der Waals surface area (Å²) in [6.07, 6.45) is -1.85. The van der Waals surface area contributed by atoms with E-state index < -0.39 is 59.0 Å². The number of halogens is 5. The summed E-state index contributed by atoms with van der Waals surface area (Å²) in [5.74, 6) is -5.86. The Labute approximate surface area is 229 Å². The molecule has 4 aromatic rings. The van der Waals surface area contributed by atoms with Crippen LogP contribution >= 0.6 is 11.6 Å². The highest BCUT2D eigenvalue weighted by Crippen LogP contribution is 2.35. The molecule has 206 valence electrons. The van der Waals surface area contributed by atoms with E-state index in [0.29, 0.717) is 10.9 Å². The second-order valence-electron chi connectivity index (χ2n) is 9.16. The first kappa shape index (κ1) is 27.1. The summed E-state index contributed by atoms with van der Waals surface area (Å²) < 4.78 is 58.5. The van der Waals surface area contributed by atoms with Crippen molar-refractivity contribution < 1.29 is 31.9 Å². The van der Waals surface area contributed by atoms with E-state index >= 15 is 4.39 Å². The summed E-state index contributed by atoms with van der Waals surface area (Å²) in [5, 5.41) is 6.26. The average molecular weight is 574 g/mol. The van der Waals surface area contributed by atoms with Gasteiger partial charge in [0, 0.05) is 22.9 Å². The number of para-hydroxylation sites is 1. The monoisotopic (exact) mass is 573 g/mol. The van der Waals surface area contributed by atoms with Crippen molar-refractivity contribution in [1.82, 2.24) is 14.7 Å². The molecule has 1 fully saturated rings. The first-order valence-electron chi connectivity index (χ1n) is 12.0. The van der Waals surface area contributed by atoms with E-state index in [4.69, 9.17) is 17.3 Å². The third-order valence-corrected chi connectivity index (χ3v) is 7.00. The maximum Gasteiger partial charge on any atom is 0.269 e. The van der Waals surface area contributed by atoms with Crippen LogP contribution in [0, 0.1) is 17.5 Å². The van der Waals surface area contributed by atoms with Crippen LogP contribution in [-0.2, 0) is 16.1 Å². The van der Waals surface area contributed by atoms with Crippen LogP contribution in [0.5, 0.6) is 0 Å². The van der Waals surface area contributed by atoms with Gasteiger partial charge < -0.3 is 16.0 Å². The standard InChI is InChI=1S/C27H20ClF4N5O3/c28-22-14(8-9-17(30)24(22)32)15-5-3-6-18(23(15)31)34-27(40)20-10-13(29)11-36(20)21(38)12-37-19-7-2-1-4-16(19)25(35-37)26(33)39/h1-9,13,20H,10-12H2,(H2,33,39)(H,34,40). The van der Waals surface area contributed by atoms with Gasteiger partial charge in [-0.1, -0.05) is 41.9 Å². The van der Waals surface area contributed by atoms with Crippen molar-refractivity contribution in [2.45, 2.75) is 25.2 Å². The van der Waals surface area contributed by atoms with Gasteiger partial charge in [-0.25, -0.2) is 17.6 Å². The molecule has 1 aliphatic heterocycles. The molecule has 0 radical (unpaired) electrons. The fourth-order valence-electron chi connectivity index (χ4n) is 4.74. The van der Waals surface area contributed by atoms with E-state index in [0.717, 1.165) is 17.0 Å². The molecule has 0 bridgehead atoms. The first-order chi connectivity index (χ1) is 19.1. The number of alkyl halides is 1. The number of benzene rings is 3. The number of amides is 3. The van der Waals surface area contributed by atoms with E-state index in [-0.39, 0.29) is 35.5 Å². The van der Waals surface area contributed by atoms with Crippen LogP contribution in [0.3, 0.4) is 0 Å². The average Bonchev–Trinajstić information content (AvgIpc) is 3.50. The largest absolute Gasteiger partial charge is 0.364 e. The molecule has 8 nitrogen and oxygen atoms in total. The number of nitrogens with zero attached hydrogens (tertiary/aromatic N) is 3. The van der Waals surface area contributed by atoms with Crippen molar-refractivity contribution in [2.24, 2.45) is 5.73 Å². The summed E-state index contributed by atoms with van der Waals surface area (Å²) in [7, 11) is 0. The minimum atomic E-state index is -1.52. The number of hydrogen-bond donors (Lipinski definition) is 2. The molecule has 40 heavy (non-hydrogen) atoms. The maximum atomic E-state index is 15.4. The third-order valence-electron chi connectivity index (χ3n) is 6.63. The number of carbonyl (C=O) groups is 3. The van der Waals surface area contributed by atoms with Crippen molar-refractivity contribution >= 4 is 45.9 Å². The van der Waals surface area contributed by atoms with Gasteiger partial charge in [-0.05, 0) is 24.3 Å². The fourth-order valence-corrected chi connectivity index (χ4v) is 5.00. The van der Waals surface area contributed by atoms with Gasteiger partial charge in [0.1, 0.15) is 18.8 Å². The van der Waals surface area contributed by atoms with Crippen molar-refractivity contribution in [2.75, 3.05) is 11.9 Å². The SMILES string of the molecule is NC(=O)c1nn(CC(=O)N2CC(F)CC2C(=O)Nc2cccc(-c3ccc(F)c(F)c3Cl)c2F)c2ccccc12. The Morgan fingerprint density at radius 3 is 2.50 bits per heavy atom. The van der Waals surface area contributed by atoms with Crippen LogP contribution in [0.1, 0.15) is 16.9 Å². The molecule has 3 aromatic carbocycles. The molecule has 2 unspecified atom stereocenters. The van der Waals surface area contributed by atoms with Crippen LogP contribution in [-0.4, -0.2) is 51.2 Å². The number of aromatic nitrogens is 2. The summed E-state index contributed by atoms with van der Waals surface area (Å²) >= 11 is 5.87. The molecule has 0 aliphatic carbocycles. The molecule has 0 spiro atoms. The molecular formula is C27H20ClF4N5O3. The second kappa shape index (κ2) is 10.6. The minimum absolute atomic E-state index is 0.0426. The number of fused-ring (bicyclic) bond motifs is 1. The Bertz CT molecular complexity index is 1680. The normalized spacial score (nSPS) is 16.9. The van der Waals surface area contributed by atoms with Gasteiger partial charge in [0.15, 0.2) is 23.1 Å². The molecular weight excluding hydrogens is 554 g/mol. The Hall–Kier alpha value is -4.45. The van der Waals surface area contributed by atoms with Crippen LogP contribution in [0.15, 0.2) is 54.6 Å². The first-order valence-corrected chi connectivity index (χ1v) is 12.4. The fraction of sp³-hybridized carbons (Fsp3) is 0.185. The van der Waals surface area contributed by atoms with Gasteiger partial charge in [0.2, 0.25) is 11.8 Å². The Morgan fingerprint density at radius 2 is 1.75 bits per heavy atom. The number of nitrogens with two attached hydrogens (primary N) is 1. The van der Waals surface area contributed by atoms with Crippen molar-refractivity contribution in [3.63, 3.8) is 0 Å². The predicted octanol–water partition coefficient (Wildman–Crippen LogP) is 4.45. The highest BCUT2D eigenvalue weighted by Gasteiger charge is 2.40. The van der Waals surface area contributed by atoms with Gasteiger partial charge in [-0.15, -0.1) is 0 Å². The highest BCUT2D eigenvalue weighted by molar-refractivity contribution is 6.33. The lowest BCUT2D eigenvalue weighted by molar-refractivity contribution is -0.137. The van der Waals surface area contributed by atoms with E-state index in [1.165, 1.54) is 22.9 Å². The zero-order chi connectivity index (χ0) is 28.7. The molecule has 3 N–H and O–H groups in total. The number of carbonyl (C=O) groups excluding carboxylic acids is 3. The van der Waals surface area contributed by atoms with Gasteiger partial charge in [-0.2, -0.15) is 5.10 Å². The minimum Gasteiger partial charge on any atom is -0.364 e. The Kier molecular flexibility index (Phi) is 7.19. The summed E-state index contributed by atoms with van der Waals surface area (Å²) in [4.78, 5) is 39.2. The second-order valence-corrected chi connectivity index (χ2v) is 9.54. The van der Waals surface area contributed by atoms with Gasteiger partial charge in [0.25, 0.3) is 5.91 Å². The van der Waals surface area contributed by atoms with E-state index in [9.17, 15) is 27.6 Å². The molecule has 0 saturated carbocycles. The quantitative estimate of drug-likeness (QED) is 0.262. The van der Waals surface area contributed by atoms with Crippen molar-refractivity contribution in [3.8, 4) is 11.1 Å². The lowest BCUT2D eigenvalue weighted by atomic mass is 10.0. The molecule has 2 heterocycles. The highest BCUT2D eigenvalue weighted by atomic mass is 35.5. The number of rotatable bonds is 6. The molecule has 1 aliphatic rings. The van der Waals surface area contributed by atoms with E-state index in [1.807, 2.05) is 0 Å². The molecule has 5 rings (SSSR count). The van der Waals surface area contributed by atoms with Crippen LogP contribution in [0.25, 0.3) is 22.0 Å².